The van der Waals surface area contributed by atoms with Crippen LogP contribution in [0, 0.1) is 0 Å². The lowest BCUT2D eigenvalue weighted by Gasteiger charge is -2.16. The third-order valence-electron chi connectivity index (χ3n) is 3.38. The number of ether oxygens (including phenoxy) is 3. The van der Waals surface area contributed by atoms with Crippen LogP contribution in [0.2, 0.25) is 0 Å². The summed E-state index contributed by atoms with van der Waals surface area (Å²) in [5.41, 5.74) is 8.86. The van der Waals surface area contributed by atoms with E-state index in [-0.39, 0.29) is 0 Å². The molecule has 112 valence electrons. The highest BCUT2D eigenvalue weighted by atomic mass is 16.5. The van der Waals surface area contributed by atoms with Crippen molar-refractivity contribution in [1.29, 1.82) is 0 Å². The normalized spacial score (nSPS) is 10.3. The molecule has 2 N–H and O–H groups in total. The van der Waals surface area contributed by atoms with Gasteiger partial charge in [0.05, 0.1) is 21.3 Å². The third-order valence-corrected chi connectivity index (χ3v) is 3.38. The Hall–Kier alpha value is -2.20. The highest BCUT2D eigenvalue weighted by molar-refractivity contribution is 5.76. The number of hydrogen-bond donors (Lipinski definition) is 1. The van der Waals surface area contributed by atoms with E-state index in [1.54, 1.807) is 21.3 Å². The molecule has 0 saturated heterocycles. The van der Waals surface area contributed by atoms with Gasteiger partial charge in [0.15, 0.2) is 11.5 Å². The fourth-order valence-corrected chi connectivity index (χ4v) is 2.39. The van der Waals surface area contributed by atoms with Gasteiger partial charge in [-0.05, 0) is 36.2 Å². The zero-order chi connectivity index (χ0) is 15.2. The molecule has 0 aromatic heterocycles. The lowest BCUT2D eigenvalue weighted by atomic mass is 10.00. The molecule has 2 aromatic rings. The van der Waals surface area contributed by atoms with E-state index in [9.17, 15) is 0 Å². The van der Waals surface area contributed by atoms with Crippen molar-refractivity contribution in [3.8, 4) is 28.4 Å². The fraction of sp³-hybridized carbons (Fsp3) is 0.294. The molecule has 4 heteroatoms. The second kappa shape index (κ2) is 6.99. The number of nitrogens with two attached hydrogens (primary N) is 1. The van der Waals surface area contributed by atoms with Crippen LogP contribution in [0.4, 0.5) is 0 Å². The molecule has 2 rings (SSSR count). The summed E-state index contributed by atoms with van der Waals surface area (Å²) in [5.74, 6) is 1.92. The van der Waals surface area contributed by atoms with Gasteiger partial charge in [0.2, 0.25) is 5.75 Å². The topological polar surface area (TPSA) is 53.7 Å². The van der Waals surface area contributed by atoms with Crippen molar-refractivity contribution < 1.29 is 14.2 Å². The van der Waals surface area contributed by atoms with Crippen LogP contribution in [0.15, 0.2) is 36.4 Å². The number of rotatable bonds is 6. The minimum Gasteiger partial charge on any atom is -0.493 e. The van der Waals surface area contributed by atoms with Crippen LogP contribution in [-0.2, 0) is 6.42 Å². The molecule has 0 aliphatic rings. The second-order valence-corrected chi connectivity index (χ2v) is 4.62. The average Bonchev–Trinajstić information content (AvgIpc) is 2.53. The molecule has 0 bridgehead atoms. The van der Waals surface area contributed by atoms with Crippen molar-refractivity contribution in [3.05, 3.63) is 42.0 Å². The Kier molecular flexibility index (Phi) is 5.06. The first-order valence-electron chi connectivity index (χ1n) is 6.83. The van der Waals surface area contributed by atoms with E-state index in [1.807, 2.05) is 24.3 Å². The van der Waals surface area contributed by atoms with E-state index in [2.05, 4.69) is 12.1 Å². The van der Waals surface area contributed by atoms with Crippen LogP contribution >= 0.6 is 0 Å². The molecule has 0 saturated carbocycles. The molecule has 0 amide bonds. The van der Waals surface area contributed by atoms with Gasteiger partial charge >= 0.3 is 0 Å². The van der Waals surface area contributed by atoms with Crippen LogP contribution in [0.5, 0.6) is 17.2 Å². The predicted octanol–water partition coefficient (Wildman–Crippen LogP) is 2.88. The van der Waals surface area contributed by atoms with Gasteiger partial charge < -0.3 is 19.9 Å². The summed E-state index contributed by atoms with van der Waals surface area (Å²) in [6.45, 7) is 0.631. The maximum atomic E-state index is 5.63. The van der Waals surface area contributed by atoms with E-state index in [0.29, 0.717) is 23.8 Å². The predicted molar refractivity (Wildman–Crippen MR) is 84.3 cm³/mol. The molecule has 0 fully saturated rings. The molecule has 0 radical (unpaired) electrons. The first-order chi connectivity index (χ1) is 10.2. The second-order valence-electron chi connectivity index (χ2n) is 4.62. The first kappa shape index (κ1) is 15.2. The Labute approximate surface area is 125 Å². The van der Waals surface area contributed by atoms with Gasteiger partial charge in [-0.1, -0.05) is 24.3 Å². The maximum Gasteiger partial charge on any atom is 0.203 e. The van der Waals surface area contributed by atoms with Gasteiger partial charge in [0.1, 0.15) is 0 Å². The lowest BCUT2D eigenvalue weighted by molar-refractivity contribution is 0.325. The Balaban J connectivity index is 2.55. The first-order valence-corrected chi connectivity index (χ1v) is 6.83. The molecule has 0 spiro atoms. The van der Waals surface area contributed by atoms with E-state index in [0.717, 1.165) is 17.5 Å². The van der Waals surface area contributed by atoms with Gasteiger partial charge in [0, 0.05) is 5.56 Å². The van der Waals surface area contributed by atoms with Crippen molar-refractivity contribution in [2.24, 2.45) is 5.73 Å². The van der Waals surface area contributed by atoms with Crippen molar-refractivity contribution in [1.82, 2.24) is 0 Å². The number of benzene rings is 2. The Morgan fingerprint density at radius 2 is 1.67 bits per heavy atom. The van der Waals surface area contributed by atoms with Crippen LogP contribution in [0.1, 0.15) is 5.56 Å². The smallest absolute Gasteiger partial charge is 0.203 e. The molecular weight excluding hydrogens is 266 g/mol. The summed E-state index contributed by atoms with van der Waals surface area (Å²) in [7, 11) is 4.85. The van der Waals surface area contributed by atoms with Crippen LogP contribution in [0.3, 0.4) is 0 Å². The van der Waals surface area contributed by atoms with Crippen molar-refractivity contribution in [2.75, 3.05) is 27.9 Å². The van der Waals surface area contributed by atoms with E-state index < -0.39 is 0 Å². The zero-order valence-corrected chi connectivity index (χ0v) is 12.7. The number of methoxy groups -OCH3 is 3. The van der Waals surface area contributed by atoms with Gasteiger partial charge in [-0.15, -0.1) is 0 Å². The van der Waals surface area contributed by atoms with Gasteiger partial charge in [0.25, 0.3) is 0 Å². The van der Waals surface area contributed by atoms with Gasteiger partial charge in [-0.2, -0.15) is 0 Å². The quantitative estimate of drug-likeness (QED) is 0.887. The van der Waals surface area contributed by atoms with Crippen LogP contribution in [-0.4, -0.2) is 27.9 Å². The van der Waals surface area contributed by atoms with Gasteiger partial charge in [-0.25, -0.2) is 0 Å². The SMILES string of the molecule is COc1ccc(-c2cccc(CCN)c2)c(OC)c1OC. The van der Waals surface area contributed by atoms with E-state index >= 15 is 0 Å². The minimum absolute atomic E-state index is 0.599. The van der Waals surface area contributed by atoms with Crippen molar-refractivity contribution in [2.45, 2.75) is 6.42 Å². The molecule has 0 aliphatic carbocycles. The highest BCUT2D eigenvalue weighted by Crippen LogP contribution is 2.44. The molecule has 21 heavy (non-hydrogen) atoms. The largest absolute Gasteiger partial charge is 0.493 e. The summed E-state index contributed by atoms with van der Waals surface area (Å²) in [6.07, 6.45) is 0.851. The summed E-state index contributed by atoms with van der Waals surface area (Å²) in [5, 5.41) is 0. The monoisotopic (exact) mass is 287 g/mol. The molecule has 0 unspecified atom stereocenters. The Morgan fingerprint density at radius 1 is 0.905 bits per heavy atom. The standard InChI is InChI=1S/C17H21NO3/c1-19-15-8-7-14(16(20-2)17(15)21-3)13-6-4-5-12(11-13)9-10-18/h4-8,11H,9-10,18H2,1-3H3. The van der Waals surface area contributed by atoms with Crippen LogP contribution < -0.4 is 19.9 Å². The summed E-state index contributed by atoms with van der Waals surface area (Å²) >= 11 is 0. The molecule has 0 aliphatic heterocycles. The molecule has 4 nitrogen and oxygen atoms in total. The lowest BCUT2D eigenvalue weighted by Crippen LogP contribution is -2.02. The Bertz CT molecular complexity index is 611. The summed E-state index contributed by atoms with van der Waals surface area (Å²) < 4.78 is 16.3. The molecule has 2 aromatic carbocycles. The highest BCUT2D eigenvalue weighted by Gasteiger charge is 2.16. The fourth-order valence-electron chi connectivity index (χ4n) is 2.39. The van der Waals surface area contributed by atoms with Gasteiger partial charge in [-0.3, -0.25) is 0 Å². The summed E-state index contributed by atoms with van der Waals surface area (Å²) in [4.78, 5) is 0. The van der Waals surface area contributed by atoms with E-state index in [4.69, 9.17) is 19.9 Å². The molecule has 0 heterocycles. The summed E-state index contributed by atoms with van der Waals surface area (Å²) in [6, 6.07) is 12.1. The molecular formula is C17H21NO3. The van der Waals surface area contributed by atoms with Crippen LogP contribution in [0.25, 0.3) is 11.1 Å². The third kappa shape index (κ3) is 3.11. The average molecular weight is 287 g/mol. The maximum absolute atomic E-state index is 5.63. The molecule has 0 atom stereocenters. The Morgan fingerprint density at radius 3 is 2.29 bits per heavy atom. The van der Waals surface area contributed by atoms with Crippen molar-refractivity contribution >= 4 is 0 Å². The van der Waals surface area contributed by atoms with Crippen molar-refractivity contribution in [3.63, 3.8) is 0 Å². The minimum atomic E-state index is 0.599. The number of hydrogen-bond acceptors (Lipinski definition) is 4. The van der Waals surface area contributed by atoms with E-state index in [1.165, 1.54) is 5.56 Å². The zero-order valence-electron chi connectivity index (χ0n) is 12.7.